The van der Waals surface area contributed by atoms with Crippen LogP contribution in [-0.2, 0) is 20.9 Å². The van der Waals surface area contributed by atoms with Crippen molar-refractivity contribution in [3.63, 3.8) is 0 Å². The first-order valence-electron chi connectivity index (χ1n) is 9.73. The van der Waals surface area contributed by atoms with Crippen molar-refractivity contribution >= 4 is 28.5 Å². The molecule has 1 saturated heterocycles. The number of benzene rings is 2. The van der Waals surface area contributed by atoms with Crippen molar-refractivity contribution in [2.75, 3.05) is 6.54 Å². The van der Waals surface area contributed by atoms with Crippen molar-refractivity contribution in [1.29, 1.82) is 0 Å². The van der Waals surface area contributed by atoms with E-state index in [1.807, 2.05) is 30.3 Å². The second-order valence-electron chi connectivity index (χ2n) is 7.53. The van der Waals surface area contributed by atoms with Crippen LogP contribution in [0.1, 0.15) is 37.7 Å². The molecular formula is C22H24N2O3. The maximum atomic E-state index is 12.4. The smallest absolute Gasteiger partial charge is 0.233 e. The van der Waals surface area contributed by atoms with Crippen LogP contribution < -0.4 is 5.32 Å². The van der Waals surface area contributed by atoms with Gasteiger partial charge in [-0.15, -0.1) is 0 Å². The van der Waals surface area contributed by atoms with Gasteiger partial charge in [0.05, 0.1) is 11.8 Å². The molecule has 1 aliphatic carbocycles. The molecule has 2 aromatic rings. The molecule has 3 amide bonds. The molecule has 4 rings (SSSR count). The standard InChI is InChI=1S/C22H24N2O3/c25-20(23-14-15-9-10-16-5-1-2-6-17(16)13-15)11-12-24-21(26)18-7-3-4-8-19(18)22(24)27/h1-2,5-6,9-10,13,18-19H,3-4,7-8,11-12,14H2,(H,23,25). The fourth-order valence-electron chi connectivity index (χ4n) is 4.30. The zero-order valence-corrected chi connectivity index (χ0v) is 15.3. The van der Waals surface area contributed by atoms with Crippen LogP contribution in [0.15, 0.2) is 42.5 Å². The van der Waals surface area contributed by atoms with E-state index in [1.165, 1.54) is 10.3 Å². The van der Waals surface area contributed by atoms with Crippen molar-refractivity contribution in [1.82, 2.24) is 10.2 Å². The zero-order chi connectivity index (χ0) is 18.8. The number of carbonyl (C=O) groups excluding carboxylic acids is 3. The largest absolute Gasteiger partial charge is 0.352 e. The highest BCUT2D eigenvalue weighted by molar-refractivity contribution is 6.05. The number of hydrogen-bond donors (Lipinski definition) is 1. The van der Waals surface area contributed by atoms with Crippen molar-refractivity contribution in [2.45, 2.75) is 38.6 Å². The average Bonchev–Trinajstić information content (AvgIpc) is 2.95. The Balaban J connectivity index is 1.30. The van der Waals surface area contributed by atoms with Crippen molar-refractivity contribution in [3.8, 4) is 0 Å². The summed E-state index contributed by atoms with van der Waals surface area (Å²) < 4.78 is 0. The lowest BCUT2D eigenvalue weighted by Crippen LogP contribution is -2.35. The summed E-state index contributed by atoms with van der Waals surface area (Å²) in [5.74, 6) is -0.587. The predicted molar refractivity (Wildman–Crippen MR) is 103 cm³/mol. The number of likely N-dealkylation sites (tertiary alicyclic amines) is 1. The first-order chi connectivity index (χ1) is 13.1. The summed E-state index contributed by atoms with van der Waals surface area (Å²) in [6.45, 7) is 0.630. The number of amides is 3. The fraction of sp³-hybridized carbons (Fsp3) is 0.409. The Labute approximate surface area is 158 Å². The Morgan fingerprint density at radius 3 is 2.33 bits per heavy atom. The van der Waals surface area contributed by atoms with Gasteiger partial charge in [-0.3, -0.25) is 19.3 Å². The molecule has 2 aromatic carbocycles. The molecule has 0 bridgehead atoms. The van der Waals surface area contributed by atoms with E-state index in [2.05, 4.69) is 17.4 Å². The summed E-state index contributed by atoms with van der Waals surface area (Å²) in [4.78, 5) is 38.4. The Bertz CT molecular complexity index is 868. The number of carbonyl (C=O) groups is 3. The highest BCUT2D eigenvalue weighted by Gasteiger charge is 2.47. The lowest BCUT2D eigenvalue weighted by atomic mass is 9.81. The second kappa shape index (κ2) is 7.51. The molecule has 0 radical (unpaired) electrons. The van der Waals surface area contributed by atoms with Gasteiger partial charge in [-0.25, -0.2) is 0 Å². The van der Waals surface area contributed by atoms with E-state index in [4.69, 9.17) is 0 Å². The van der Waals surface area contributed by atoms with Crippen LogP contribution >= 0.6 is 0 Å². The lowest BCUT2D eigenvalue weighted by molar-refractivity contribution is -0.140. The van der Waals surface area contributed by atoms with Gasteiger partial charge < -0.3 is 5.32 Å². The molecule has 27 heavy (non-hydrogen) atoms. The topological polar surface area (TPSA) is 66.5 Å². The normalized spacial score (nSPS) is 22.1. The Hall–Kier alpha value is -2.69. The van der Waals surface area contributed by atoms with Gasteiger partial charge in [0.1, 0.15) is 0 Å². The molecule has 140 valence electrons. The summed E-state index contributed by atoms with van der Waals surface area (Å²) in [5, 5.41) is 5.20. The molecule has 1 saturated carbocycles. The predicted octanol–water partition coefficient (Wildman–Crippen LogP) is 3.02. The molecule has 2 fully saturated rings. The van der Waals surface area contributed by atoms with Crippen LogP contribution in [-0.4, -0.2) is 29.2 Å². The van der Waals surface area contributed by atoms with Crippen LogP contribution in [0, 0.1) is 11.8 Å². The van der Waals surface area contributed by atoms with E-state index < -0.39 is 0 Å². The van der Waals surface area contributed by atoms with Crippen molar-refractivity contribution in [3.05, 3.63) is 48.0 Å². The summed E-state index contributed by atoms with van der Waals surface area (Å²) in [6.07, 6.45) is 3.80. The monoisotopic (exact) mass is 364 g/mol. The third kappa shape index (κ3) is 3.59. The summed E-state index contributed by atoms with van der Waals surface area (Å²) in [7, 11) is 0. The fourth-order valence-corrected chi connectivity index (χ4v) is 4.30. The summed E-state index contributed by atoms with van der Waals surface area (Å²) >= 11 is 0. The third-order valence-electron chi connectivity index (χ3n) is 5.80. The molecule has 2 unspecified atom stereocenters. The molecule has 5 heteroatoms. The van der Waals surface area contributed by atoms with Crippen molar-refractivity contribution in [2.24, 2.45) is 11.8 Å². The van der Waals surface area contributed by atoms with E-state index in [-0.39, 0.29) is 42.5 Å². The van der Waals surface area contributed by atoms with E-state index >= 15 is 0 Å². The molecule has 1 N–H and O–H groups in total. The first kappa shape index (κ1) is 17.7. The van der Waals surface area contributed by atoms with E-state index in [1.54, 1.807) is 0 Å². The summed E-state index contributed by atoms with van der Waals surface area (Å²) in [6, 6.07) is 14.2. The number of nitrogens with zero attached hydrogens (tertiary/aromatic N) is 1. The third-order valence-corrected chi connectivity index (χ3v) is 5.80. The minimum absolute atomic E-state index is 0.0768. The minimum atomic E-state index is -0.146. The van der Waals surface area contributed by atoms with Gasteiger partial charge in [0.2, 0.25) is 17.7 Å². The van der Waals surface area contributed by atoms with E-state index in [9.17, 15) is 14.4 Å². The molecule has 0 aromatic heterocycles. The van der Waals surface area contributed by atoms with Gasteiger partial charge in [0.25, 0.3) is 0 Å². The number of nitrogens with one attached hydrogen (secondary N) is 1. The Kier molecular flexibility index (Phi) is 4.92. The summed E-state index contributed by atoms with van der Waals surface area (Å²) in [5.41, 5.74) is 1.03. The van der Waals surface area contributed by atoms with Crippen LogP contribution in [0.3, 0.4) is 0 Å². The molecule has 2 aliphatic rings. The Morgan fingerprint density at radius 2 is 1.63 bits per heavy atom. The van der Waals surface area contributed by atoms with Crippen LogP contribution in [0.25, 0.3) is 10.8 Å². The van der Waals surface area contributed by atoms with E-state index in [0.29, 0.717) is 6.54 Å². The maximum absolute atomic E-state index is 12.4. The highest BCUT2D eigenvalue weighted by atomic mass is 16.2. The minimum Gasteiger partial charge on any atom is -0.352 e. The molecule has 5 nitrogen and oxygen atoms in total. The second-order valence-corrected chi connectivity index (χ2v) is 7.53. The Morgan fingerprint density at radius 1 is 0.963 bits per heavy atom. The van der Waals surface area contributed by atoms with Gasteiger partial charge in [-0.05, 0) is 35.2 Å². The van der Waals surface area contributed by atoms with Crippen LogP contribution in [0.5, 0.6) is 0 Å². The SMILES string of the molecule is O=C(CCN1C(=O)C2CCCCC2C1=O)NCc1ccc2ccccc2c1. The highest BCUT2D eigenvalue weighted by Crippen LogP contribution is 2.37. The van der Waals surface area contributed by atoms with Crippen molar-refractivity contribution < 1.29 is 14.4 Å². The van der Waals surface area contributed by atoms with E-state index in [0.717, 1.165) is 36.6 Å². The number of imide groups is 1. The average molecular weight is 364 g/mol. The lowest BCUT2D eigenvalue weighted by Gasteiger charge is -2.19. The van der Waals surface area contributed by atoms with Crippen LogP contribution in [0.2, 0.25) is 0 Å². The molecular weight excluding hydrogens is 340 g/mol. The van der Waals surface area contributed by atoms with Gasteiger partial charge in [-0.1, -0.05) is 49.2 Å². The number of rotatable bonds is 5. The zero-order valence-electron chi connectivity index (χ0n) is 15.3. The first-order valence-corrected chi connectivity index (χ1v) is 9.73. The number of hydrogen-bond acceptors (Lipinski definition) is 3. The number of fused-ring (bicyclic) bond motifs is 2. The van der Waals surface area contributed by atoms with Gasteiger partial charge >= 0.3 is 0 Å². The molecule has 2 atom stereocenters. The molecule has 1 heterocycles. The molecule has 0 spiro atoms. The molecule has 1 aliphatic heterocycles. The maximum Gasteiger partial charge on any atom is 0.233 e. The van der Waals surface area contributed by atoms with Gasteiger partial charge in [-0.2, -0.15) is 0 Å². The van der Waals surface area contributed by atoms with Gasteiger partial charge in [0, 0.05) is 19.5 Å². The van der Waals surface area contributed by atoms with Gasteiger partial charge in [0.15, 0.2) is 0 Å². The quantitative estimate of drug-likeness (QED) is 0.830. The van der Waals surface area contributed by atoms with Crippen LogP contribution in [0.4, 0.5) is 0 Å².